The number of hydrogen-bond acceptors (Lipinski definition) is 5. The first-order valence-corrected chi connectivity index (χ1v) is 15.6. The summed E-state index contributed by atoms with van der Waals surface area (Å²) in [5.41, 5.74) is -1.14. The molecule has 2 bridgehead atoms. The number of ether oxygens (including phenoxy) is 1. The van der Waals surface area contributed by atoms with Crippen LogP contribution in [0.1, 0.15) is 121 Å². The molecule has 6 atom stereocenters. The molecule has 5 heteroatoms. The summed E-state index contributed by atoms with van der Waals surface area (Å²) in [6.07, 6.45) is 9.33. The van der Waals surface area contributed by atoms with Crippen molar-refractivity contribution in [1.29, 1.82) is 0 Å². The maximum Gasteiger partial charge on any atom is 0.184 e. The van der Waals surface area contributed by atoms with Crippen molar-refractivity contribution < 1.29 is 24.2 Å². The van der Waals surface area contributed by atoms with E-state index in [4.69, 9.17) is 4.74 Å². The van der Waals surface area contributed by atoms with E-state index in [0.717, 1.165) is 5.57 Å². The number of carbonyl (C=O) groups is 3. The van der Waals surface area contributed by atoms with Crippen LogP contribution in [0.2, 0.25) is 0 Å². The van der Waals surface area contributed by atoms with Gasteiger partial charge in [-0.25, -0.2) is 0 Å². The molecule has 5 nitrogen and oxygen atoms in total. The third-order valence-electron chi connectivity index (χ3n) is 10.2. The molecule has 0 radical (unpaired) electrons. The lowest BCUT2D eigenvalue weighted by molar-refractivity contribution is -0.181. The molecule has 228 valence electrons. The lowest BCUT2D eigenvalue weighted by Crippen LogP contribution is -2.70. The Kier molecular flexibility index (Phi) is 9.55. The Hall–Kier alpha value is -2.27. The van der Waals surface area contributed by atoms with Crippen LogP contribution in [0.5, 0.6) is 0 Å². The molecule has 2 aliphatic carbocycles. The third kappa shape index (κ3) is 5.48. The molecule has 41 heavy (non-hydrogen) atoms. The van der Waals surface area contributed by atoms with Crippen molar-refractivity contribution in [2.24, 2.45) is 28.1 Å². The van der Waals surface area contributed by atoms with Gasteiger partial charge in [-0.1, -0.05) is 55.7 Å². The van der Waals surface area contributed by atoms with Crippen LogP contribution in [0.25, 0.3) is 0 Å². The van der Waals surface area contributed by atoms with Crippen molar-refractivity contribution >= 4 is 17.3 Å². The van der Waals surface area contributed by atoms with Gasteiger partial charge in [0.15, 0.2) is 22.8 Å². The second-order valence-electron chi connectivity index (χ2n) is 14.6. The van der Waals surface area contributed by atoms with E-state index < -0.39 is 33.9 Å². The lowest BCUT2D eigenvalue weighted by atomic mass is 9.38. The van der Waals surface area contributed by atoms with Gasteiger partial charge < -0.3 is 9.84 Å². The van der Waals surface area contributed by atoms with Gasteiger partial charge in [0.25, 0.3) is 0 Å². The van der Waals surface area contributed by atoms with Gasteiger partial charge in [-0.2, -0.15) is 0 Å². The standard InChI is InChI=1S/C36H54O5/c1-12-25(8)29(37)36-30(38)27-20-28(33(9,10)40)41-31(27)35(32(36)39,19-17-24(6)7)21-26(16-15-23(4)5)34(36,11)18-13-14-22(2)3/h14-15,17,25-26,28,40H,12-13,16,18-21H2,1-11H3. The van der Waals surface area contributed by atoms with Crippen molar-refractivity contribution in [2.75, 3.05) is 0 Å². The molecule has 1 fully saturated rings. The summed E-state index contributed by atoms with van der Waals surface area (Å²) in [5.74, 6) is -1.01. The second-order valence-corrected chi connectivity index (χ2v) is 14.6. The Morgan fingerprint density at radius 2 is 1.63 bits per heavy atom. The summed E-state index contributed by atoms with van der Waals surface area (Å²) in [7, 11) is 0. The molecule has 0 amide bonds. The molecule has 3 aliphatic rings. The van der Waals surface area contributed by atoms with Gasteiger partial charge in [-0.3, -0.25) is 14.4 Å². The molecule has 6 unspecified atom stereocenters. The normalized spacial score (nSPS) is 31.7. The summed E-state index contributed by atoms with van der Waals surface area (Å²) in [5, 5.41) is 11.0. The molecule has 1 heterocycles. The molecule has 3 rings (SSSR count). The van der Waals surface area contributed by atoms with Gasteiger partial charge in [0, 0.05) is 17.9 Å². The number of fused-ring (bicyclic) bond motifs is 3. The van der Waals surface area contributed by atoms with E-state index in [-0.39, 0.29) is 29.7 Å². The van der Waals surface area contributed by atoms with Crippen LogP contribution in [0, 0.1) is 28.1 Å². The highest BCUT2D eigenvalue weighted by Gasteiger charge is 2.77. The average Bonchev–Trinajstić information content (AvgIpc) is 3.33. The van der Waals surface area contributed by atoms with E-state index in [1.165, 1.54) is 11.1 Å². The average molecular weight is 567 g/mol. The van der Waals surface area contributed by atoms with Crippen LogP contribution in [0.3, 0.4) is 0 Å². The fourth-order valence-corrected chi connectivity index (χ4v) is 7.45. The maximum absolute atomic E-state index is 15.4. The first kappa shape index (κ1) is 33.2. The van der Waals surface area contributed by atoms with E-state index in [1.54, 1.807) is 13.8 Å². The number of carbonyl (C=O) groups excluding carboxylic acids is 3. The van der Waals surface area contributed by atoms with Crippen LogP contribution in [-0.2, 0) is 19.1 Å². The molecule has 0 aromatic rings. The van der Waals surface area contributed by atoms with Crippen LogP contribution < -0.4 is 0 Å². The number of Topliss-reactive ketones (excluding diaryl/α,β-unsaturated/α-hetero) is 3. The Labute approximate surface area is 248 Å². The van der Waals surface area contributed by atoms with Gasteiger partial charge in [0.05, 0.1) is 11.0 Å². The number of hydrogen-bond donors (Lipinski definition) is 1. The summed E-state index contributed by atoms with van der Waals surface area (Å²) in [6, 6.07) is 0. The maximum atomic E-state index is 15.4. The minimum Gasteiger partial charge on any atom is -0.490 e. The first-order valence-electron chi connectivity index (χ1n) is 15.6. The second kappa shape index (κ2) is 11.8. The lowest BCUT2D eigenvalue weighted by Gasteiger charge is -2.61. The molecule has 0 aromatic heterocycles. The van der Waals surface area contributed by atoms with Crippen molar-refractivity contribution in [3.8, 4) is 0 Å². The minimum absolute atomic E-state index is 0.0954. The van der Waals surface area contributed by atoms with Gasteiger partial charge in [-0.05, 0) is 105 Å². The smallest absolute Gasteiger partial charge is 0.184 e. The van der Waals surface area contributed by atoms with Gasteiger partial charge in [0.1, 0.15) is 11.9 Å². The summed E-state index contributed by atoms with van der Waals surface area (Å²) in [4.78, 5) is 45.2. The Morgan fingerprint density at radius 1 is 1.05 bits per heavy atom. The zero-order chi connectivity index (χ0) is 31.1. The number of aliphatic hydroxyl groups is 1. The van der Waals surface area contributed by atoms with E-state index >= 15 is 9.59 Å². The van der Waals surface area contributed by atoms with E-state index in [9.17, 15) is 9.90 Å². The van der Waals surface area contributed by atoms with E-state index in [2.05, 4.69) is 45.9 Å². The summed E-state index contributed by atoms with van der Waals surface area (Å²) < 4.78 is 6.48. The SMILES string of the molecule is CCC(C)C(=O)C12C(=O)C3=C(OC(C(C)(C)O)C3)C(CC=C(C)C)(CC(CC=C(C)C)C1(C)CCC=C(C)C)C2=O. The number of ketones is 3. The quantitative estimate of drug-likeness (QED) is 0.202. The number of allylic oxidation sites excluding steroid dienone is 7. The summed E-state index contributed by atoms with van der Waals surface area (Å²) >= 11 is 0. The van der Waals surface area contributed by atoms with Crippen molar-refractivity contribution in [3.05, 3.63) is 46.3 Å². The third-order valence-corrected chi connectivity index (χ3v) is 10.2. The van der Waals surface area contributed by atoms with Crippen LogP contribution in [0.4, 0.5) is 0 Å². The zero-order valence-corrected chi connectivity index (χ0v) is 27.5. The topological polar surface area (TPSA) is 80.7 Å². The van der Waals surface area contributed by atoms with Crippen molar-refractivity contribution in [1.82, 2.24) is 0 Å². The Balaban J connectivity index is 2.45. The van der Waals surface area contributed by atoms with E-state index in [1.807, 2.05) is 34.6 Å². The molecule has 1 N–H and O–H groups in total. The molecule has 1 saturated carbocycles. The van der Waals surface area contributed by atoms with Crippen LogP contribution in [0.15, 0.2) is 46.3 Å². The van der Waals surface area contributed by atoms with Gasteiger partial charge in [0.2, 0.25) is 0 Å². The molecular formula is C36H54O5. The molecular weight excluding hydrogens is 512 g/mol. The Morgan fingerprint density at radius 3 is 2.15 bits per heavy atom. The fraction of sp³-hybridized carbons (Fsp3) is 0.694. The van der Waals surface area contributed by atoms with Gasteiger partial charge in [-0.15, -0.1) is 0 Å². The predicted molar refractivity (Wildman–Crippen MR) is 165 cm³/mol. The number of rotatable bonds is 11. The largest absolute Gasteiger partial charge is 0.490 e. The zero-order valence-electron chi connectivity index (χ0n) is 27.5. The van der Waals surface area contributed by atoms with Crippen molar-refractivity contribution in [2.45, 2.75) is 133 Å². The predicted octanol–water partition coefficient (Wildman–Crippen LogP) is 8.03. The minimum atomic E-state index is -1.79. The highest BCUT2D eigenvalue weighted by atomic mass is 16.5. The molecule has 1 aliphatic heterocycles. The van der Waals surface area contributed by atoms with E-state index in [0.29, 0.717) is 49.9 Å². The Bertz CT molecular complexity index is 1190. The molecule has 0 aromatic carbocycles. The van der Waals surface area contributed by atoms with Crippen LogP contribution >= 0.6 is 0 Å². The molecule has 0 spiro atoms. The van der Waals surface area contributed by atoms with Crippen molar-refractivity contribution in [3.63, 3.8) is 0 Å². The summed E-state index contributed by atoms with van der Waals surface area (Å²) in [6.45, 7) is 21.5. The fourth-order valence-electron chi connectivity index (χ4n) is 7.45. The highest BCUT2D eigenvalue weighted by Crippen LogP contribution is 2.69. The van der Waals surface area contributed by atoms with Crippen LogP contribution in [-0.4, -0.2) is 34.2 Å². The van der Waals surface area contributed by atoms with Gasteiger partial charge >= 0.3 is 0 Å². The highest BCUT2D eigenvalue weighted by molar-refractivity contribution is 6.33. The molecule has 0 saturated heterocycles. The first-order chi connectivity index (χ1) is 18.9. The monoisotopic (exact) mass is 566 g/mol.